The Kier molecular flexibility index (Phi) is 9.09. The van der Waals surface area contributed by atoms with Gasteiger partial charge in [-0.15, -0.1) is 35.3 Å². The minimum Gasteiger partial charge on any atom is -0.356 e. The summed E-state index contributed by atoms with van der Waals surface area (Å²) in [5.74, 6) is 0.766. The summed E-state index contributed by atoms with van der Waals surface area (Å²) in [6.07, 6.45) is 2.65. The van der Waals surface area contributed by atoms with Gasteiger partial charge in [0.15, 0.2) is 5.96 Å². The van der Waals surface area contributed by atoms with E-state index in [4.69, 9.17) is 11.6 Å². The Morgan fingerprint density at radius 1 is 1.28 bits per heavy atom. The number of guanidine groups is 1. The van der Waals surface area contributed by atoms with Crippen LogP contribution in [0.2, 0.25) is 5.15 Å². The smallest absolute Gasteiger partial charge is 0.191 e. The molecule has 138 valence electrons. The van der Waals surface area contributed by atoms with Crippen LogP contribution in [0.5, 0.6) is 0 Å². The first-order chi connectivity index (χ1) is 11.4. The lowest BCUT2D eigenvalue weighted by atomic mass is 9.98. The second-order valence-electron chi connectivity index (χ2n) is 6.49. The van der Waals surface area contributed by atoms with Crippen LogP contribution in [0.1, 0.15) is 37.0 Å². The summed E-state index contributed by atoms with van der Waals surface area (Å²) < 4.78 is 0. The Bertz CT molecular complexity index is 679. The quantitative estimate of drug-likeness (QED) is 0.286. The van der Waals surface area contributed by atoms with Gasteiger partial charge in [0, 0.05) is 30.6 Å². The number of nitrogens with one attached hydrogen (secondary N) is 2. The number of aliphatic imine (C=N–C) groups is 1. The van der Waals surface area contributed by atoms with Crippen LogP contribution in [-0.4, -0.2) is 29.5 Å². The fraction of sp³-hybridized carbons (Fsp3) is 0.471. The monoisotopic (exact) mass is 493 g/mol. The maximum Gasteiger partial charge on any atom is 0.191 e. The molecule has 2 heterocycles. The fourth-order valence-corrected chi connectivity index (χ4v) is 3.03. The summed E-state index contributed by atoms with van der Waals surface area (Å²) in [7, 11) is 1.76. The Morgan fingerprint density at radius 3 is 2.60 bits per heavy atom. The van der Waals surface area contributed by atoms with E-state index in [-0.39, 0.29) is 29.4 Å². The summed E-state index contributed by atoms with van der Waals surface area (Å²) in [5, 5.41) is 10.3. The van der Waals surface area contributed by atoms with E-state index in [0.29, 0.717) is 11.7 Å². The largest absolute Gasteiger partial charge is 0.356 e. The van der Waals surface area contributed by atoms with E-state index >= 15 is 0 Å². The molecule has 0 radical (unpaired) electrons. The van der Waals surface area contributed by atoms with Crippen LogP contribution in [-0.2, 0) is 18.4 Å². The standard InChI is InChI=1S/C17H24ClN5S.HI/c1-17(2,3)15-23-13(11-24-15)10-22-16(19-4)20-8-7-12-5-6-14(18)21-9-12;/h5-6,9,11H,7-8,10H2,1-4H3,(H2,19,20,22);1H. The molecular weight excluding hydrogens is 469 g/mol. The molecular formula is C17H25ClIN5S. The zero-order valence-corrected chi connectivity index (χ0v) is 18.9. The average Bonchev–Trinajstić information content (AvgIpc) is 3.01. The molecule has 0 atom stereocenters. The minimum atomic E-state index is 0. The third kappa shape index (κ3) is 7.45. The third-order valence-corrected chi connectivity index (χ3v) is 4.89. The molecule has 0 aliphatic rings. The Balaban J connectivity index is 0.00000312. The number of hydrogen-bond donors (Lipinski definition) is 2. The fourth-order valence-electron chi connectivity index (χ4n) is 2.01. The highest BCUT2D eigenvalue weighted by molar-refractivity contribution is 14.0. The molecule has 0 amide bonds. The van der Waals surface area contributed by atoms with Crippen LogP contribution in [0, 0.1) is 0 Å². The highest BCUT2D eigenvalue weighted by Crippen LogP contribution is 2.25. The Hall–Kier alpha value is -0.930. The number of thiazole rings is 1. The van der Waals surface area contributed by atoms with Gasteiger partial charge in [0.2, 0.25) is 0 Å². The molecule has 0 aliphatic carbocycles. The molecule has 5 nitrogen and oxygen atoms in total. The van der Waals surface area contributed by atoms with Crippen molar-refractivity contribution >= 4 is 52.9 Å². The molecule has 2 N–H and O–H groups in total. The molecule has 8 heteroatoms. The zero-order valence-electron chi connectivity index (χ0n) is 15.0. The van der Waals surface area contributed by atoms with Crippen molar-refractivity contribution in [2.45, 2.75) is 39.2 Å². The number of halogens is 2. The highest BCUT2D eigenvalue weighted by atomic mass is 127. The molecule has 2 aromatic rings. The van der Waals surface area contributed by atoms with Gasteiger partial charge in [-0.25, -0.2) is 9.97 Å². The van der Waals surface area contributed by atoms with Crippen LogP contribution < -0.4 is 10.6 Å². The van der Waals surface area contributed by atoms with Gasteiger partial charge in [-0.3, -0.25) is 4.99 Å². The van der Waals surface area contributed by atoms with Crippen LogP contribution in [0.15, 0.2) is 28.7 Å². The first kappa shape index (κ1) is 22.1. The molecule has 0 unspecified atom stereocenters. The summed E-state index contributed by atoms with van der Waals surface area (Å²) >= 11 is 7.49. The molecule has 0 fully saturated rings. The maximum absolute atomic E-state index is 5.79. The Labute approximate surface area is 175 Å². The molecule has 0 aliphatic heterocycles. The lowest BCUT2D eigenvalue weighted by Crippen LogP contribution is -2.38. The van der Waals surface area contributed by atoms with Crippen LogP contribution in [0.4, 0.5) is 0 Å². The van der Waals surface area contributed by atoms with E-state index in [9.17, 15) is 0 Å². The number of rotatable bonds is 5. The second-order valence-corrected chi connectivity index (χ2v) is 7.73. The number of pyridine rings is 1. The first-order valence-electron chi connectivity index (χ1n) is 7.88. The molecule has 0 saturated heterocycles. The third-order valence-electron chi connectivity index (χ3n) is 3.35. The van der Waals surface area contributed by atoms with Crippen molar-refractivity contribution in [3.05, 3.63) is 45.1 Å². The van der Waals surface area contributed by atoms with Gasteiger partial charge in [-0.05, 0) is 18.1 Å². The van der Waals surface area contributed by atoms with Crippen LogP contribution in [0.25, 0.3) is 0 Å². The van der Waals surface area contributed by atoms with Crippen molar-refractivity contribution in [3.8, 4) is 0 Å². The van der Waals surface area contributed by atoms with Gasteiger partial charge in [-0.2, -0.15) is 0 Å². The SMILES string of the molecule is CN=C(NCCc1ccc(Cl)nc1)NCc1csc(C(C)(C)C)n1.I. The van der Waals surface area contributed by atoms with Crippen molar-refractivity contribution in [2.24, 2.45) is 4.99 Å². The molecule has 2 rings (SSSR count). The van der Waals surface area contributed by atoms with E-state index in [1.54, 1.807) is 30.6 Å². The average molecular weight is 494 g/mol. The van der Waals surface area contributed by atoms with E-state index in [0.717, 1.165) is 35.2 Å². The number of hydrogen-bond acceptors (Lipinski definition) is 4. The highest BCUT2D eigenvalue weighted by Gasteiger charge is 2.17. The molecule has 0 bridgehead atoms. The summed E-state index contributed by atoms with van der Waals surface area (Å²) in [6.45, 7) is 7.96. The van der Waals surface area contributed by atoms with E-state index in [1.165, 1.54) is 0 Å². The van der Waals surface area contributed by atoms with Gasteiger partial charge in [0.1, 0.15) is 5.15 Å². The lowest BCUT2D eigenvalue weighted by molar-refractivity contribution is 0.582. The predicted molar refractivity (Wildman–Crippen MR) is 117 cm³/mol. The van der Waals surface area contributed by atoms with Crippen LogP contribution in [0.3, 0.4) is 0 Å². The van der Waals surface area contributed by atoms with Gasteiger partial charge in [-0.1, -0.05) is 38.4 Å². The van der Waals surface area contributed by atoms with Crippen molar-refractivity contribution in [3.63, 3.8) is 0 Å². The summed E-state index contributed by atoms with van der Waals surface area (Å²) in [4.78, 5) is 13.0. The van der Waals surface area contributed by atoms with Crippen molar-refractivity contribution in [2.75, 3.05) is 13.6 Å². The number of nitrogens with zero attached hydrogens (tertiary/aromatic N) is 3. The summed E-state index contributed by atoms with van der Waals surface area (Å²) in [6, 6.07) is 3.79. The van der Waals surface area contributed by atoms with Gasteiger partial charge >= 0.3 is 0 Å². The molecule has 0 aromatic carbocycles. The zero-order chi connectivity index (χ0) is 17.6. The molecule has 0 spiro atoms. The van der Waals surface area contributed by atoms with Crippen molar-refractivity contribution in [1.29, 1.82) is 0 Å². The van der Waals surface area contributed by atoms with Crippen molar-refractivity contribution in [1.82, 2.24) is 20.6 Å². The number of aromatic nitrogens is 2. The minimum absolute atomic E-state index is 0. The van der Waals surface area contributed by atoms with E-state index < -0.39 is 0 Å². The topological polar surface area (TPSA) is 62.2 Å². The lowest BCUT2D eigenvalue weighted by Gasteiger charge is -2.14. The van der Waals surface area contributed by atoms with Crippen LogP contribution >= 0.6 is 46.9 Å². The molecule has 2 aromatic heterocycles. The van der Waals surface area contributed by atoms with Gasteiger partial charge in [0.05, 0.1) is 17.2 Å². The van der Waals surface area contributed by atoms with E-state index in [2.05, 4.69) is 51.7 Å². The first-order valence-corrected chi connectivity index (χ1v) is 9.14. The van der Waals surface area contributed by atoms with Gasteiger partial charge < -0.3 is 10.6 Å². The second kappa shape index (κ2) is 10.3. The Morgan fingerprint density at radius 2 is 2.04 bits per heavy atom. The van der Waals surface area contributed by atoms with Gasteiger partial charge in [0.25, 0.3) is 0 Å². The maximum atomic E-state index is 5.79. The normalized spacial score (nSPS) is 11.8. The van der Waals surface area contributed by atoms with Crippen molar-refractivity contribution < 1.29 is 0 Å². The summed E-state index contributed by atoms with van der Waals surface area (Å²) in [5.41, 5.74) is 2.27. The van der Waals surface area contributed by atoms with E-state index in [1.807, 2.05) is 6.07 Å². The molecule has 25 heavy (non-hydrogen) atoms. The molecule has 0 saturated carbocycles. The predicted octanol–water partition coefficient (Wildman–Crippen LogP) is 4.01.